The van der Waals surface area contributed by atoms with Crippen LogP contribution in [0.4, 0.5) is 0 Å². The van der Waals surface area contributed by atoms with Gasteiger partial charge in [0.2, 0.25) is 0 Å². The minimum atomic E-state index is 0. The third kappa shape index (κ3) is 3.11. The van der Waals surface area contributed by atoms with Gasteiger partial charge >= 0.3 is 0 Å². The molecular weight excluding hydrogens is 308 g/mol. The van der Waals surface area contributed by atoms with Crippen LogP contribution in [0.2, 0.25) is 0 Å². The number of amides is 1. The number of hydrogen-bond donors (Lipinski definition) is 2. The van der Waals surface area contributed by atoms with Gasteiger partial charge in [-0.25, -0.2) is 0 Å². The Kier molecular flexibility index (Phi) is 4.54. The maximum Gasteiger partial charge on any atom is 0.261 e. The summed E-state index contributed by atoms with van der Waals surface area (Å²) < 4.78 is 5.44. The van der Waals surface area contributed by atoms with E-state index in [4.69, 9.17) is 4.74 Å². The molecule has 4 heterocycles. The van der Waals surface area contributed by atoms with Gasteiger partial charge in [-0.05, 0) is 37.3 Å². The third-order valence-electron chi connectivity index (χ3n) is 4.66. The van der Waals surface area contributed by atoms with Crippen molar-refractivity contribution < 1.29 is 9.53 Å². The van der Waals surface area contributed by atoms with E-state index in [1.807, 2.05) is 6.07 Å². The van der Waals surface area contributed by atoms with Crippen LogP contribution in [0.1, 0.15) is 45.8 Å². The molecule has 0 aromatic carbocycles. The Balaban J connectivity index is 0.00000132. The van der Waals surface area contributed by atoms with Crippen LogP contribution in [0, 0.1) is 0 Å². The summed E-state index contributed by atoms with van der Waals surface area (Å²) in [4.78, 5) is 14.6. The molecule has 4 nitrogen and oxygen atoms in total. The molecule has 2 fully saturated rings. The fourth-order valence-corrected chi connectivity index (χ4v) is 4.74. The third-order valence-corrected chi connectivity index (χ3v) is 5.90. The lowest BCUT2D eigenvalue weighted by atomic mass is 10.00. The molecule has 0 aliphatic carbocycles. The number of carbonyl (C=O) groups excluding carboxylic acids is 1. The highest BCUT2D eigenvalue weighted by atomic mass is 35.5. The zero-order chi connectivity index (χ0) is 13.5. The first-order chi connectivity index (χ1) is 9.78. The molecule has 2 unspecified atom stereocenters. The monoisotopic (exact) mass is 328 g/mol. The highest BCUT2D eigenvalue weighted by molar-refractivity contribution is 7.14. The molecule has 0 radical (unpaired) electrons. The lowest BCUT2D eigenvalue weighted by Crippen LogP contribution is -2.47. The van der Waals surface area contributed by atoms with Crippen LogP contribution in [0.3, 0.4) is 0 Å². The van der Waals surface area contributed by atoms with Crippen molar-refractivity contribution >= 4 is 29.7 Å². The Morgan fingerprint density at radius 3 is 2.81 bits per heavy atom. The normalized spacial score (nSPS) is 30.4. The van der Waals surface area contributed by atoms with Crippen molar-refractivity contribution in [2.24, 2.45) is 0 Å². The summed E-state index contributed by atoms with van der Waals surface area (Å²) >= 11 is 1.64. The van der Waals surface area contributed by atoms with Crippen LogP contribution >= 0.6 is 23.7 Å². The maximum atomic E-state index is 12.4. The number of fused-ring (bicyclic) bond motifs is 3. The second kappa shape index (κ2) is 6.24. The molecule has 116 valence electrons. The molecule has 1 amide bonds. The Hall–Kier alpha value is -0.620. The summed E-state index contributed by atoms with van der Waals surface area (Å²) in [5.41, 5.74) is 1.21. The van der Waals surface area contributed by atoms with Gasteiger partial charge in [0.15, 0.2) is 0 Å². The largest absolute Gasteiger partial charge is 0.376 e. The van der Waals surface area contributed by atoms with Gasteiger partial charge in [0.05, 0.1) is 18.1 Å². The lowest BCUT2D eigenvalue weighted by Gasteiger charge is -2.29. The van der Waals surface area contributed by atoms with Crippen LogP contribution in [-0.2, 0) is 17.8 Å². The van der Waals surface area contributed by atoms with E-state index in [1.54, 1.807) is 11.3 Å². The van der Waals surface area contributed by atoms with Crippen LogP contribution in [-0.4, -0.2) is 30.6 Å². The van der Waals surface area contributed by atoms with Gasteiger partial charge in [-0.3, -0.25) is 4.79 Å². The number of carbonyl (C=O) groups is 1. The van der Waals surface area contributed by atoms with Gasteiger partial charge in [0, 0.05) is 29.4 Å². The lowest BCUT2D eigenvalue weighted by molar-refractivity contribution is 0.0927. The number of ether oxygens (including phenoxy) is 1. The van der Waals surface area contributed by atoms with Gasteiger partial charge in [-0.1, -0.05) is 0 Å². The zero-order valence-corrected chi connectivity index (χ0v) is 13.5. The summed E-state index contributed by atoms with van der Waals surface area (Å²) in [6.07, 6.45) is 5.64. The number of thiophene rings is 1. The maximum absolute atomic E-state index is 12.4. The molecule has 0 saturated carbocycles. The minimum absolute atomic E-state index is 0. The highest BCUT2D eigenvalue weighted by Gasteiger charge is 2.34. The van der Waals surface area contributed by atoms with E-state index < -0.39 is 0 Å². The van der Waals surface area contributed by atoms with Gasteiger partial charge in [0.25, 0.3) is 5.91 Å². The molecule has 2 saturated heterocycles. The van der Waals surface area contributed by atoms with E-state index in [-0.39, 0.29) is 18.3 Å². The molecule has 6 heteroatoms. The fourth-order valence-electron chi connectivity index (χ4n) is 3.69. The molecule has 3 aliphatic heterocycles. The molecule has 3 aliphatic rings. The fraction of sp³-hybridized carbons (Fsp3) is 0.667. The number of hydrogen-bond acceptors (Lipinski definition) is 4. The van der Waals surface area contributed by atoms with E-state index in [0.717, 1.165) is 30.7 Å². The quantitative estimate of drug-likeness (QED) is 0.875. The van der Waals surface area contributed by atoms with Gasteiger partial charge in [-0.2, -0.15) is 0 Å². The zero-order valence-electron chi connectivity index (χ0n) is 11.9. The minimum Gasteiger partial charge on any atom is -0.376 e. The van der Waals surface area contributed by atoms with Crippen molar-refractivity contribution in [3.8, 4) is 0 Å². The van der Waals surface area contributed by atoms with Crippen molar-refractivity contribution in [3.63, 3.8) is 0 Å². The standard InChI is InChI=1S/C15H20N2O2S.ClH/c18-15(14-5-9-8-19-4-3-13(9)20-14)17-12-6-10-1-2-11(7-12)16-10;/h5,10-12,16H,1-4,6-8H2,(H,17,18);1H. The van der Waals surface area contributed by atoms with E-state index in [0.29, 0.717) is 24.7 Å². The summed E-state index contributed by atoms with van der Waals surface area (Å²) in [6.45, 7) is 1.45. The summed E-state index contributed by atoms with van der Waals surface area (Å²) in [5, 5.41) is 6.84. The van der Waals surface area contributed by atoms with Gasteiger partial charge < -0.3 is 15.4 Å². The highest BCUT2D eigenvalue weighted by Crippen LogP contribution is 2.29. The van der Waals surface area contributed by atoms with Gasteiger partial charge in [0.1, 0.15) is 0 Å². The van der Waals surface area contributed by atoms with Crippen LogP contribution in [0.5, 0.6) is 0 Å². The van der Waals surface area contributed by atoms with Crippen LogP contribution in [0.25, 0.3) is 0 Å². The van der Waals surface area contributed by atoms with Crippen molar-refractivity contribution in [2.75, 3.05) is 6.61 Å². The second-order valence-electron chi connectivity index (χ2n) is 6.14. The average Bonchev–Trinajstić information content (AvgIpc) is 3.02. The van der Waals surface area contributed by atoms with Crippen LogP contribution in [0.15, 0.2) is 6.07 Å². The van der Waals surface area contributed by atoms with Crippen molar-refractivity contribution in [2.45, 2.75) is 56.8 Å². The molecule has 0 spiro atoms. The molecule has 21 heavy (non-hydrogen) atoms. The van der Waals surface area contributed by atoms with Gasteiger partial charge in [-0.15, -0.1) is 23.7 Å². The van der Waals surface area contributed by atoms with Crippen LogP contribution < -0.4 is 10.6 Å². The molecular formula is C15H21ClN2O2S. The number of piperidine rings is 1. The number of halogens is 1. The van der Waals surface area contributed by atoms with Crippen molar-refractivity contribution in [1.29, 1.82) is 0 Å². The Bertz CT molecular complexity index is 498. The Morgan fingerprint density at radius 1 is 1.33 bits per heavy atom. The smallest absolute Gasteiger partial charge is 0.261 e. The first-order valence-electron chi connectivity index (χ1n) is 7.54. The molecule has 2 atom stereocenters. The predicted octanol–water partition coefficient (Wildman–Crippen LogP) is 2.26. The van der Waals surface area contributed by atoms with E-state index in [9.17, 15) is 4.79 Å². The van der Waals surface area contributed by atoms with Crippen molar-refractivity contribution in [1.82, 2.24) is 10.6 Å². The van der Waals surface area contributed by atoms with Crippen molar-refractivity contribution in [3.05, 3.63) is 21.4 Å². The summed E-state index contributed by atoms with van der Waals surface area (Å²) in [7, 11) is 0. The molecule has 4 rings (SSSR count). The molecule has 2 bridgehead atoms. The Labute approximate surface area is 135 Å². The first-order valence-corrected chi connectivity index (χ1v) is 8.36. The SMILES string of the molecule is Cl.O=C(NC1CC2CCC(C1)N2)c1cc2c(s1)CCOC2. The first kappa shape index (κ1) is 15.3. The molecule has 2 N–H and O–H groups in total. The number of rotatable bonds is 2. The molecule has 1 aromatic heterocycles. The Morgan fingerprint density at radius 2 is 2.10 bits per heavy atom. The summed E-state index contributed by atoms with van der Waals surface area (Å²) in [6, 6.07) is 3.59. The number of nitrogens with one attached hydrogen (secondary N) is 2. The van der Waals surface area contributed by atoms with E-state index in [1.165, 1.54) is 23.3 Å². The average molecular weight is 329 g/mol. The summed E-state index contributed by atoms with van der Waals surface area (Å²) in [5.74, 6) is 0.107. The molecule has 1 aromatic rings. The topological polar surface area (TPSA) is 50.4 Å². The predicted molar refractivity (Wildman–Crippen MR) is 85.4 cm³/mol. The van der Waals surface area contributed by atoms with E-state index >= 15 is 0 Å². The second-order valence-corrected chi connectivity index (χ2v) is 7.28. The van der Waals surface area contributed by atoms with E-state index in [2.05, 4.69) is 10.6 Å².